The van der Waals surface area contributed by atoms with Crippen molar-refractivity contribution < 1.29 is 0 Å². The Bertz CT molecular complexity index is 618. The van der Waals surface area contributed by atoms with E-state index in [0.717, 1.165) is 27.5 Å². The topological polar surface area (TPSA) is 38.5 Å². The summed E-state index contributed by atoms with van der Waals surface area (Å²) in [6.45, 7) is 4.27. The number of nitrogens with zero attached hydrogens (tertiary/aromatic N) is 3. The molecule has 0 amide bonds. The summed E-state index contributed by atoms with van der Waals surface area (Å²) in [5.74, 6) is 0.806. The van der Waals surface area contributed by atoms with Crippen molar-refractivity contribution in [1.82, 2.24) is 19.3 Å². The minimum atomic E-state index is 0.589. The lowest BCUT2D eigenvalue weighted by Crippen LogP contribution is -2.02. The maximum atomic E-state index is 5.45. The van der Waals surface area contributed by atoms with Crippen molar-refractivity contribution in [3.63, 3.8) is 0 Å². The van der Waals surface area contributed by atoms with Crippen molar-refractivity contribution in [3.8, 4) is 0 Å². The van der Waals surface area contributed by atoms with Crippen LogP contribution in [0.5, 0.6) is 0 Å². The summed E-state index contributed by atoms with van der Waals surface area (Å²) in [5, 5.41) is 4.45. The van der Waals surface area contributed by atoms with Crippen LogP contribution in [0.15, 0.2) is 0 Å². The predicted molar refractivity (Wildman–Crippen MR) is 70.7 cm³/mol. The van der Waals surface area contributed by atoms with Gasteiger partial charge in [-0.15, -0.1) is 0 Å². The molecule has 1 fully saturated rings. The molecule has 2 atom stereocenters. The number of fused-ring (bicyclic) bond motifs is 1. The van der Waals surface area contributed by atoms with Crippen molar-refractivity contribution >= 4 is 23.4 Å². The van der Waals surface area contributed by atoms with E-state index in [1.165, 1.54) is 19.3 Å². The molecule has 1 saturated carbocycles. The maximum absolute atomic E-state index is 5.45. The SMILES string of the molecule is CCCC1CC1n1c(=S)[nH]c2c(C)nn(C)c21. The molecule has 0 saturated heterocycles. The monoisotopic (exact) mass is 250 g/mol. The van der Waals surface area contributed by atoms with E-state index in [4.69, 9.17) is 12.2 Å². The van der Waals surface area contributed by atoms with E-state index >= 15 is 0 Å². The minimum Gasteiger partial charge on any atom is -0.328 e. The lowest BCUT2D eigenvalue weighted by Gasteiger charge is -2.03. The van der Waals surface area contributed by atoms with Crippen molar-refractivity contribution in [1.29, 1.82) is 0 Å². The van der Waals surface area contributed by atoms with E-state index in [1.807, 2.05) is 18.7 Å². The van der Waals surface area contributed by atoms with Gasteiger partial charge in [-0.3, -0.25) is 9.25 Å². The van der Waals surface area contributed by atoms with Crippen LogP contribution >= 0.6 is 12.2 Å². The second kappa shape index (κ2) is 3.70. The average molecular weight is 250 g/mol. The highest BCUT2D eigenvalue weighted by Crippen LogP contribution is 2.47. The Morgan fingerprint density at radius 2 is 2.29 bits per heavy atom. The Balaban J connectivity index is 2.11. The highest BCUT2D eigenvalue weighted by atomic mass is 32.1. The number of hydrogen-bond donors (Lipinski definition) is 1. The Labute approximate surface area is 106 Å². The number of nitrogens with one attached hydrogen (secondary N) is 1. The number of H-pyrrole nitrogens is 1. The number of aromatic amines is 1. The normalized spacial score (nSPS) is 23.5. The predicted octanol–water partition coefficient (Wildman–Crippen LogP) is 3.10. The van der Waals surface area contributed by atoms with E-state index in [0.29, 0.717) is 6.04 Å². The Morgan fingerprint density at radius 3 is 3.00 bits per heavy atom. The molecule has 5 heteroatoms. The second-order valence-corrected chi connectivity index (χ2v) is 5.45. The van der Waals surface area contributed by atoms with E-state index in [-0.39, 0.29) is 0 Å². The average Bonchev–Trinajstić information content (AvgIpc) is 2.84. The number of aryl methyl sites for hydroxylation is 2. The first-order valence-electron chi connectivity index (χ1n) is 6.27. The highest BCUT2D eigenvalue weighted by Gasteiger charge is 2.39. The van der Waals surface area contributed by atoms with Crippen LogP contribution in [0.25, 0.3) is 11.2 Å². The third-order valence-electron chi connectivity index (χ3n) is 3.75. The fourth-order valence-corrected chi connectivity index (χ4v) is 3.19. The summed E-state index contributed by atoms with van der Waals surface area (Å²) >= 11 is 5.45. The molecule has 0 radical (unpaired) electrons. The highest BCUT2D eigenvalue weighted by molar-refractivity contribution is 7.71. The molecule has 1 aliphatic carbocycles. The minimum absolute atomic E-state index is 0.589. The third-order valence-corrected chi connectivity index (χ3v) is 4.05. The van der Waals surface area contributed by atoms with Crippen molar-refractivity contribution in [2.45, 2.75) is 39.2 Å². The Kier molecular flexibility index (Phi) is 2.40. The van der Waals surface area contributed by atoms with Crippen LogP contribution in [0.1, 0.15) is 37.9 Å². The van der Waals surface area contributed by atoms with Crippen LogP contribution < -0.4 is 0 Å². The number of imidazole rings is 1. The summed E-state index contributed by atoms with van der Waals surface area (Å²) in [6, 6.07) is 0.589. The Hall–Kier alpha value is -1.10. The zero-order chi connectivity index (χ0) is 12.2. The van der Waals surface area contributed by atoms with Crippen LogP contribution in [0.3, 0.4) is 0 Å². The molecule has 0 spiro atoms. The summed E-state index contributed by atoms with van der Waals surface area (Å²) in [5.41, 5.74) is 3.27. The van der Waals surface area contributed by atoms with E-state index < -0.39 is 0 Å². The molecule has 0 bridgehead atoms. The van der Waals surface area contributed by atoms with Gasteiger partial charge in [-0.25, -0.2) is 0 Å². The van der Waals surface area contributed by atoms with Gasteiger partial charge in [-0.1, -0.05) is 13.3 Å². The van der Waals surface area contributed by atoms with Gasteiger partial charge in [-0.2, -0.15) is 5.10 Å². The smallest absolute Gasteiger partial charge is 0.179 e. The molecule has 2 unspecified atom stereocenters. The molecule has 92 valence electrons. The van der Waals surface area contributed by atoms with Gasteiger partial charge in [0, 0.05) is 13.1 Å². The van der Waals surface area contributed by atoms with Crippen LogP contribution in [-0.2, 0) is 7.05 Å². The van der Waals surface area contributed by atoms with E-state index in [1.54, 1.807) is 0 Å². The third kappa shape index (κ3) is 1.56. The van der Waals surface area contributed by atoms with Crippen LogP contribution in [-0.4, -0.2) is 19.3 Å². The standard InChI is InChI=1S/C12H18N4S/c1-4-5-8-6-9(8)16-11-10(13-12(16)17)7(2)14-15(11)3/h8-9H,4-6H2,1-3H3,(H,13,17). The summed E-state index contributed by atoms with van der Waals surface area (Å²) < 4.78 is 5.06. The molecular weight excluding hydrogens is 232 g/mol. The fraction of sp³-hybridized carbons (Fsp3) is 0.667. The maximum Gasteiger partial charge on any atom is 0.179 e. The fourth-order valence-electron chi connectivity index (χ4n) is 2.87. The summed E-state index contributed by atoms with van der Waals surface area (Å²) in [7, 11) is 1.99. The van der Waals surface area contributed by atoms with Gasteiger partial charge < -0.3 is 4.98 Å². The summed E-state index contributed by atoms with van der Waals surface area (Å²) in [6.07, 6.45) is 3.82. The van der Waals surface area contributed by atoms with Gasteiger partial charge in [0.2, 0.25) is 0 Å². The molecule has 17 heavy (non-hydrogen) atoms. The van der Waals surface area contributed by atoms with Crippen LogP contribution in [0.4, 0.5) is 0 Å². The number of hydrogen-bond acceptors (Lipinski definition) is 2. The molecule has 1 N–H and O–H groups in total. The number of aromatic nitrogens is 4. The second-order valence-electron chi connectivity index (χ2n) is 5.06. The largest absolute Gasteiger partial charge is 0.328 e. The molecule has 2 heterocycles. The molecule has 0 aromatic carbocycles. The number of rotatable bonds is 3. The first-order valence-corrected chi connectivity index (χ1v) is 6.68. The van der Waals surface area contributed by atoms with Gasteiger partial charge in [0.25, 0.3) is 0 Å². The first kappa shape index (κ1) is 11.0. The molecule has 2 aromatic heterocycles. The van der Waals surface area contributed by atoms with E-state index in [9.17, 15) is 0 Å². The van der Waals surface area contributed by atoms with Gasteiger partial charge in [0.1, 0.15) is 5.52 Å². The molecule has 2 aromatic rings. The van der Waals surface area contributed by atoms with Crippen molar-refractivity contribution in [2.24, 2.45) is 13.0 Å². The van der Waals surface area contributed by atoms with Crippen molar-refractivity contribution in [2.75, 3.05) is 0 Å². The van der Waals surface area contributed by atoms with E-state index in [2.05, 4.69) is 21.6 Å². The van der Waals surface area contributed by atoms with Gasteiger partial charge >= 0.3 is 0 Å². The van der Waals surface area contributed by atoms with Gasteiger partial charge in [-0.05, 0) is 37.9 Å². The Morgan fingerprint density at radius 1 is 1.53 bits per heavy atom. The molecule has 0 aliphatic heterocycles. The molecule has 4 nitrogen and oxygen atoms in total. The lowest BCUT2D eigenvalue weighted by atomic mass is 10.2. The quantitative estimate of drug-likeness (QED) is 0.850. The van der Waals surface area contributed by atoms with Gasteiger partial charge in [0.05, 0.1) is 5.69 Å². The first-order chi connectivity index (χ1) is 8.13. The van der Waals surface area contributed by atoms with Crippen LogP contribution in [0.2, 0.25) is 0 Å². The van der Waals surface area contributed by atoms with Crippen molar-refractivity contribution in [3.05, 3.63) is 10.5 Å². The molecule has 1 aliphatic rings. The lowest BCUT2D eigenvalue weighted by molar-refractivity contribution is 0.599. The van der Waals surface area contributed by atoms with Gasteiger partial charge in [0.15, 0.2) is 10.4 Å². The molecular formula is C12H18N4S. The molecule has 3 rings (SSSR count). The zero-order valence-corrected chi connectivity index (χ0v) is 11.3. The zero-order valence-electron chi connectivity index (χ0n) is 10.5. The summed E-state index contributed by atoms with van der Waals surface area (Å²) in [4.78, 5) is 3.29. The van der Waals surface area contributed by atoms with Crippen LogP contribution in [0, 0.1) is 17.6 Å².